The normalized spacial score (nSPS) is 41.4. The van der Waals surface area contributed by atoms with Crippen molar-refractivity contribution < 1.29 is 0 Å². The Bertz CT molecular complexity index is 314. The molecule has 4 unspecified atom stereocenters. The summed E-state index contributed by atoms with van der Waals surface area (Å²) in [5, 5.41) is 4.08. The number of hydrogen-bond donors (Lipinski definition) is 1. The van der Waals surface area contributed by atoms with Crippen molar-refractivity contribution >= 4 is 0 Å². The lowest BCUT2D eigenvalue weighted by Gasteiger charge is -2.48. The van der Waals surface area contributed by atoms with Crippen molar-refractivity contribution in [1.82, 2.24) is 10.2 Å². The molecule has 21 heavy (non-hydrogen) atoms. The molecule has 1 aliphatic carbocycles. The first-order chi connectivity index (χ1) is 10.1. The third-order valence-corrected chi connectivity index (χ3v) is 6.40. The lowest BCUT2D eigenvalue weighted by molar-refractivity contribution is 0.0431. The first-order valence-electron chi connectivity index (χ1n) is 9.59. The van der Waals surface area contributed by atoms with Crippen LogP contribution in [-0.4, -0.2) is 36.1 Å². The van der Waals surface area contributed by atoms with Crippen LogP contribution in [0.2, 0.25) is 0 Å². The van der Waals surface area contributed by atoms with E-state index in [9.17, 15) is 0 Å². The predicted octanol–water partition coefficient (Wildman–Crippen LogP) is 4.20. The fourth-order valence-electron chi connectivity index (χ4n) is 5.41. The summed E-state index contributed by atoms with van der Waals surface area (Å²) >= 11 is 0. The Morgan fingerprint density at radius 1 is 0.905 bits per heavy atom. The number of rotatable bonds is 4. The maximum absolute atomic E-state index is 4.08. The highest BCUT2D eigenvalue weighted by molar-refractivity contribution is 4.95. The summed E-state index contributed by atoms with van der Waals surface area (Å²) in [7, 11) is 2.37. The molecule has 2 bridgehead atoms. The van der Waals surface area contributed by atoms with Crippen LogP contribution < -0.4 is 5.32 Å². The third kappa shape index (κ3) is 4.01. The average Bonchev–Trinajstić information content (AvgIpc) is 2.39. The topological polar surface area (TPSA) is 15.3 Å². The fraction of sp³-hybridized carbons (Fsp3) is 1.00. The van der Waals surface area contributed by atoms with Gasteiger partial charge in [-0.1, -0.05) is 33.1 Å². The van der Waals surface area contributed by atoms with Crippen LogP contribution in [-0.2, 0) is 0 Å². The summed E-state index contributed by atoms with van der Waals surface area (Å²) < 4.78 is 0. The zero-order valence-corrected chi connectivity index (χ0v) is 14.5. The van der Waals surface area contributed by atoms with E-state index in [1.54, 1.807) is 0 Å². The van der Waals surface area contributed by atoms with Gasteiger partial charge in [-0.3, -0.25) is 0 Å². The van der Waals surface area contributed by atoms with Crippen LogP contribution in [0.3, 0.4) is 0 Å². The van der Waals surface area contributed by atoms with Gasteiger partial charge in [0.25, 0.3) is 0 Å². The average molecular weight is 293 g/mol. The Morgan fingerprint density at radius 3 is 2.24 bits per heavy atom. The molecule has 4 atom stereocenters. The van der Waals surface area contributed by atoms with Crippen molar-refractivity contribution in [1.29, 1.82) is 0 Å². The number of nitrogens with one attached hydrogen (secondary N) is 1. The summed E-state index contributed by atoms with van der Waals surface area (Å²) in [6, 6.07) is 3.35. The molecule has 0 radical (unpaired) electrons. The van der Waals surface area contributed by atoms with E-state index in [0.717, 1.165) is 36.0 Å². The zero-order valence-electron chi connectivity index (χ0n) is 14.5. The van der Waals surface area contributed by atoms with Crippen molar-refractivity contribution in [3.63, 3.8) is 0 Å². The molecule has 0 aromatic rings. The molecule has 1 saturated carbocycles. The van der Waals surface area contributed by atoms with Gasteiger partial charge in [-0.25, -0.2) is 0 Å². The molecule has 2 saturated heterocycles. The van der Waals surface area contributed by atoms with Gasteiger partial charge in [-0.05, 0) is 63.8 Å². The second-order valence-electron chi connectivity index (χ2n) is 8.60. The second-order valence-corrected chi connectivity index (χ2v) is 8.60. The van der Waals surface area contributed by atoms with Crippen LogP contribution >= 0.6 is 0 Å². The first kappa shape index (κ1) is 15.8. The standard InChI is InChI=1S/C19H36N2/c1-14(2)10-15-6-4-7-16(11-15)20-17-12-18-8-5-9-19(13-17)21(18)3/h14-20H,4-13H2,1-3H3. The molecule has 0 amide bonds. The van der Waals surface area contributed by atoms with Crippen molar-refractivity contribution in [2.24, 2.45) is 11.8 Å². The second kappa shape index (κ2) is 7.00. The molecule has 1 N–H and O–H groups in total. The molecule has 3 aliphatic rings. The molecule has 2 heteroatoms. The summed E-state index contributed by atoms with van der Waals surface area (Å²) in [6.07, 6.45) is 14.4. The van der Waals surface area contributed by atoms with Gasteiger partial charge in [0, 0.05) is 24.2 Å². The summed E-state index contributed by atoms with van der Waals surface area (Å²) in [6.45, 7) is 4.77. The van der Waals surface area contributed by atoms with Crippen LogP contribution in [0.5, 0.6) is 0 Å². The zero-order chi connectivity index (χ0) is 14.8. The molecular weight excluding hydrogens is 256 g/mol. The lowest BCUT2D eigenvalue weighted by Crippen LogP contribution is -2.56. The number of fused-ring (bicyclic) bond motifs is 2. The monoisotopic (exact) mass is 292 g/mol. The van der Waals surface area contributed by atoms with E-state index >= 15 is 0 Å². The van der Waals surface area contributed by atoms with Gasteiger partial charge >= 0.3 is 0 Å². The highest BCUT2D eigenvalue weighted by atomic mass is 15.2. The number of hydrogen-bond acceptors (Lipinski definition) is 2. The molecule has 2 aliphatic heterocycles. The number of nitrogens with zero attached hydrogens (tertiary/aromatic N) is 1. The highest BCUT2D eigenvalue weighted by Gasteiger charge is 2.37. The lowest BCUT2D eigenvalue weighted by atomic mass is 9.79. The Hall–Kier alpha value is -0.0800. The van der Waals surface area contributed by atoms with Crippen molar-refractivity contribution in [2.45, 2.75) is 102 Å². The fourth-order valence-corrected chi connectivity index (χ4v) is 5.41. The minimum atomic E-state index is 0.805. The quantitative estimate of drug-likeness (QED) is 0.835. The van der Waals surface area contributed by atoms with Crippen LogP contribution in [0.15, 0.2) is 0 Å². The Morgan fingerprint density at radius 2 is 1.57 bits per heavy atom. The molecule has 3 rings (SSSR count). The van der Waals surface area contributed by atoms with E-state index in [4.69, 9.17) is 0 Å². The van der Waals surface area contributed by atoms with Gasteiger partial charge in [-0.15, -0.1) is 0 Å². The molecule has 122 valence electrons. The van der Waals surface area contributed by atoms with Gasteiger partial charge in [0.05, 0.1) is 0 Å². The molecule has 2 heterocycles. The maximum atomic E-state index is 4.08. The molecule has 0 aromatic carbocycles. The van der Waals surface area contributed by atoms with Gasteiger partial charge < -0.3 is 10.2 Å². The van der Waals surface area contributed by atoms with E-state index < -0.39 is 0 Å². The van der Waals surface area contributed by atoms with Crippen LogP contribution in [0.1, 0.15) is 78.1 Å². The smallest absolute Gasteiger partial charge is 0.0110 e. The van der Waals surface area contributed by atoms with E-state index in [-0.39, 0.29) is 0 Å². The molecule has 0 aromatic heterocycles. The van der Waals surface area contributed by atoms with Gasteiger partial charge in [0.15, 0.2) is 0 Å². The van der Waals surface area contributed by atoms with Crippen molar-refractivity contribution in [3.8, 4) is 0 Å². The first-order valence-corrected chi connectivity index (χ1v) is 9.59. The molecule has 0 spiro atoms. The summed E-state index contributed by atoms with van der Waals surface area (Å²) in [5.41, 5.74) is 0. The van der Waals surface area contributed by atoms with Gasteiger partial charge in [-0.2, -0.15) is 0 Å². The van der Waals surface area contributed by atoms with E-state index in [0.29, 0.717) is 0 Å². The van der Waals surface area contributed by atoms with E-state index in [2.05, 4.69) is 31.1 Å². The molecule has 3 fully saturated rings. The van der Waals surface area contributed by atoms with E-state index in [1.807, 2.05) is 0 Å². The Labute approximate surface area is 132 Å². The Balaban J connectivity index is 1.50. The summed E-state index contributed by atoms with van der Waals surface area (Å²) in [5.74, 6) is 1.86. The van der Waals surface area contributed by atoms with Gasteiger partial charge in [0.1, 0.15) is 0 Å². The minimum Gasteiger partial charge on any atom is -0.311 e. The van der Waals surface area contributed by atoms with Crippen LogP contribution in [0, 0.1) is 11.8 Å². The SMILES string of the molecule is CC(C)CC1CCCC(NC2CC3CCCC(C2)N3C)C1. The highest BCUT2D eigenvalue weighted by Crippen LogP contribution is 2.34. The minimum absolute atomic E-state index is 0.805. The third-order valence-electron chi connectivity index (χ3n) is 6.40. The molecule has 2 nitrogen and oxygen atoms in total. The van der Waals surface area contributed by atoms with Crippen LogP contribution in [0.4, 0.5) is 0 Å². The predicted molar refractivity (Wildman–Crippen MR) is 90.5 cm³/mol. The Kier molecular flexibility index (Phi) is 5.27. The maximum Gasteiger partial charge on any atom is 0.0110 e. The van der Waals surface area contributed by atoms with Gasteiger partial charge in [0.2, 0.25) is 0 Å². The van der Waals surface area contributed by atoms with E-state index in [1.165, 1.54) is 64.2 Å². The number of piperidine rings is 2. The largest absolute Gasteiger partial charge is 0.311 e. The van der Waals surface area contributed by atoms with Crippen molar-refractivity contribution in [2.75, 3.05) is 7.05 Å². The van der Waals surface area contributed by atoms with Crippen molar-refractivity contribution in [3.05, 3.63) is 0 Å². The summed E-state index contributed by atoms with van der Waals surface area (Å²) in [4.78, 5) is 2.68. The molecular formula is C19H36N2. The van der Waals surface area contributed by atoms with Crippen LogP contribution in [0.25, 0.3) is 0 Å².